The zero-order valence-corrected chi connectivity index (χ0v) is 13.2. The van der Waals surface area contributed by atoms with Gasteiger partial charge in [0.25, 0.3) is 0 Å². The zero-order chi connectivity index (χ0) is 16.2. The van der Waals surface area contributed by atoms with Crippen molar-refractivity contribution in [1.82, 2.24) is 0 Å². The predicted octanol–water partition coefficient (Wildman–Crippen LogP) is 5.07. The molecule has 0 aromatic heterocycles. The molecule has 0 fully saturated rings. The minimum Gasteiger partial charge on any atom is -0.313 e. The van der Waals surface area contributed by atoms with E-state index in [1.807, 2.05) is 49.4 Å². The number of benzene rings is 3. The van der Waals surface area contributed by atoms with Gasteiger partial charge < -0.3 is 4.84 Å². The maximum atomic E-state index is 12.0. The highest BCUT2D eigenvalue weighted by molar-refractivity contribution is 6.30. The molecule has 0 unspecified atom stereocenters. The van der Waals surface area contributed by atoms with Crippen molar-refractivity contribution in [2.24, 2.45) is 5.16 Å². The molecule has 0 saturated heterocycles. The van der Waals surface area contributed by atoms with E-state index in [-0.39, 0.29) is 0 Å². The van der Waals surface area contributed by atoms with Crippen LogP contribution in [0.25, 0.3) is 10.8 Å². The zero-order valence-electron chi connectivity index (χ0n) is 12.5. The first-order valence-corrected chi connectivity index (χ1v) is 7.52. The number of nitrogens with zero attached hydrogens (tertiary/aromatic N) is 1. The van der Waals surface area contributed by atoms with E-state index < -0.39 is 5.97 Å². The van der Waals surface area contributed by atoms with E-state index in [1.165, 1.54) is 0 Å². The van der Waals surface area contributed by atoms with Gasteiger partial charge in [-0.05, 0) is 42.0 Å². The van der Waals surface area contributed by atoms with Crippen LogP contribution in [-0.2, 0) is 4.84 Å². The average Bonchev–Trinajstić information content (AvgIpc) is 2.59. The molecular formula is C19H14ClNO2. The second-order valence-corrected chi connectivity index (χ2v) is 5.53. The predicted molar refractivity (Wildman–Crippen MR) is 93.0 cm³/mol. The number of hydrogen-bond acceptors (Lipinski definition) is 3. The molecule has 4 heteroatoms. The molecule has 3 aromatic rings. The van der Waals surface area contributed by atoms with Crippen LogP contribution in [0, 0.1) is 0 Å². The summed E-state index contributed by atoms with van der Waals surface area (Å²) >= 11 is 5.80. The van der Waals surface area contributed by atoms with Crippen molar-refractivity contribution >= 4 is 34.1 Å². The molecule has 0 saturated carbocycles. The molecule has 0 N–H and O–H groups in total. The Balaban J connectivity index is 1.84. The monoisotopic (exact) mass is 323 g/mol. The summed E-state index contributed by atoms with van der Waals surface area (Å²) in [4.78, 5) is 17.0. The Bertz CT molecular complexity index is 880. The largest absolute Gasteiger partial charge is 0.365 e. The van der Waals surface area contributed by atoms with Crippen LogP contribution >= 0.6 is 11.6 Å². The molecule has 0 aliphatic rings. The van der Waals surface area contributed by atoms with E-state index in [2.05, 4.69) is 5.16 Å². The maximum Gasteiger partial charge on any atom is 0.365 e. The Morgan fingerprint density at radius 2 is 1.65 bits per heavy atom. The molecule has 3 rings (SSSR count). The summed E-state index contributed by atoms with van der Waals surface area (Å²) in [6.07, 6.45) is 0. The summed E-state index contributed by atoms with van der Waals surface area (Å²) in [5, 5.41) is 6.73. The summed E-state index contributed by atoms with van der Waals surface area (Å²) < 4.78 is 0. The smallest absolute Gasteiger partial charge is 0.313 e. The lowest BCUT2D eigenvalue weighted by molar-refractivity contribution is 0.0516. The van der Waals surface area contributed by atoms with Gasteiger partial charge in [0.2, 0.25) is 0 Å². The minimum atomic E-state index is -0.513. The molecule has 0 aliphatic heterocycles. The lowest BCUT2D eigenvalue weighted by Gasteiger charge is -2.06. The van der Waals surface area contributed by atoms with Crippen LogP contribution in [0.4, 0.5) is 0 Å². The first-order chi connectivity index (χ1) is 11.1. The average molecular weight is 324 g/mol. The molecule has 0 heterocycles. The summed E-state index contributed by atoms with van der Waals surface area (Å²) in [7, 11) is 0. The van der Waals surface area contributed by atoms with Gasteiger partial charge in [0.05, 0.1) is 11.3 Å². The van der Waals surface area contributed by atoms with Crippen LogP contribution < -0.4 is 0 Å². The first-order valence-electron chi connectivity index (χ1n) is 7.15. The Kier molecular flexibility index (Phi) is 4.40. The van der Waals surface area contributed by atoms with Crippen molar-refractivity contribution < 1.29 is 9.63 Å². The van der Waals surface area contributed by atoms with Crippen molar-refractivity contribution in [2.45, 2.75) is 6.92 Å². The summed E-state index contributed by atoms with van der Waals surface area (Å²) in [6.45, 7) is 1.82. The number of hydrogen-bond donors (Lipinski definition) is 0. The van der Waals surface area contributed by atoms with Gasteiger partial charge in [0.15, 0.2) is 0 Å². The molecule has 3 aromatic carbocycles. The Hall–Kier alpha value is -2.65. The second-order valence-electron chi connectivity index (χ2n) is 5.09. The number of halogens is 1. The summed E-state index contributed by atoms with van der Waals surface area (Å²) in [5.74, 6) is -0.513. The van der Waals surface area contributed by atoms with Crippen molar-refractivity contribution in [3.63, 3.8) is 0 Å². The van der Waals surface area contributed by atoms with E-state index in [4.69, 9.17) is 16.4 Å². The fourth-order valence-electron chi connectivity index (χ4n) is 2.34. The van der Waals surface area contributed by atoms with Crippen molar-refractivity contribution in [2.75, 3.05) is 0 Å². The lowest BCUT2D eigenvalue weighted by atomic mass is 10.0. The Morgan fingerprint density at radius 1 is 0.957 bits per heavy atom. The highest BCUT2D eigenvalue weighted by atomic mass is 35.5. The molecule has 0 radical (unpaired) electrons. The highest BCUT2D eigenvalue weighted by Crippen LogP contribution is 2.19. The number of rotatable bonds is 3. The van der Waals surface area contributed by atoms with Crippen LogP contribution in [0.5, 0.6) is 0 Å². The topological polar surface area (TPSA) is 38.7 Å². The normalized spacial score (nSPS) is 11.5. The van der Waals surface area contributed by atoms with Crippen LogP contribution in [0.3, 0.4) is 0 Å². The number of fused-ring (bicyclic) bond motifs is 1. The second kappa shape index (κ2) is 6.63. The third kappa shape index (κ3) is 3.41. The first kappa shape index (κ1) is 15.3. The fourth-order valence-corrected chi connectivity index (χ4v) is 2.46. The highest BCUT2D eigenvalue weighted by Gasteiger charge is 2.08. The molecule has 23 heavy (non-hydrogen) atoms. The standard InChI is InChI=1S/C19H14ClNO2/c1-13(17-8-4-6-14-5-2-3-7-18(14)17)21-23-19(22)15-9-11-16(20)12-10-15/h2-12H,1H3/b21-13-. The van der Waals surface area contributed by atoms with Crippen molar-refractivity contribution in [3.8, 4) is 0 Å². The molecule has 0 bridgehead atoms. The third-order valence-electron chi connectivity index (χ3n) is 3.52. The molecule has 0 aliphatic carbocycles. The minimum absolute atomic E-state index is 0.406. The molecule has 0 atom stereocenters. The molecular weight excluding hydrogens is 310 g/mol. The Morgan fingerprint density at radius 3 is 2.43 bits per heavy atom. The van der Waals surface area contributed by atoms with Gasteiger partial charge in [-0.2, -0.15) is 0 Å². The SMILES string of the molecule is C/C(=N/OC(=O)c1ccc(Cl)cc1)c1cccc2ccccc12. The molecule has 3 nitrogen and oxygen atoms in total. The molecule has 0 spiro atoms. The van der Waals surface area contributed by atoms with Gasteiger partial charge in [-0.1, -0.05) is 59.2 Å². The van der Waals surface area contributed by atoms with Gasteiger partial charge in [0.1, 0.15) is 0 Å². The van der Waals surface area contributed by atoms with E-state index in [0.717, 1.165) is 16.3 Å². The van der Waals surface area contributed by atoms with Gasteiger partial charge in [-0.15, -0.1) is 0 Å². The van der Waals surface area contributed by atoms with Gasteiger partial charge in [-0.25, -0.2) is 4.79 Å². The van der Waals surface area contributed by atoms with E-state index in [1.54, 1.807) is 24.3 Å². The molecule has 0 amide bonds. The maximum absolute atomic E-state index is 12.0. The van der Waals surface area contributed by atoms with Crippen molar-refractivity contribution in [1.29, 1.82) is 0 Å². The summed E-state index contributed by atoms with van der Waals surface area (Å²) in [6, 6.07) is 20.4. The van der Waals surface area contributed by atoms with E-state index >= 15 is 0 Å². The van der Waals surface area contributed by atoms with Crippen LogP contribution in [0.1, 0.15) is 22.8 Å². The van der Waals surface area contributed by atoms with E-state index in [9.17, 15) is 4.79 Å². The van der Waals surface area contributed by atoms with Gasteiger partial charge >= 0.3 is 5.97 Å². The molecule has 114 valence electrons. The van der Waals surface area contributed by atoms with Crippen LogP contribution in [0.15, 0.2) is 71.9 Å². The quantitative estimate of drug-likeness (QED) is 0.383. The van der Waals surface area contributed by atoms with Gasteiger partial charge in [0, 0.05) is 10.6 Å². The van der Waals surface area contributed by atoms with Crippen LogP contribution in [-0.4, -0.2) is 11.7 Å². The number of carbonyl (C=O) groups is 1. The summed E-state index contributed by atoms with van der Waals surface area (Å²) in [5.41, 5.74) is 1.99. The van der Waals surface area contributed by atoms with Gasteiger partial charge in [-0.3, -0.25) is 0 Å². The number of oxime groups is 1. The fraction of sp³-hybridized carbons (Fsp3) is 0.0526. The lowest BCUT2D eigenvalue weighted by Crippen LogP contribution is -2.04. The number of carbonyl (C=O) groups excluding carboxylic acids is 1. The van der Waals surface area contributed by atoms with Crippen molar-refractivity contribution in [3.05, 3.63) is 82.9 Å². The van der Waals surface area contributed by atoms with E-state index in [0.29, 0.717) is 16.3 Å². The Labute approximate surface area is 139 Å². The third-order valence-corrected chi connectivity index (χ3v) is 3.78. The van der Waals surface area contributed by atoms with Crippen LogP contribution in [0.2, 0.25) is 5.02 Å².